The summed E-state index contributed by atoms with van der Waals surface area (Å²) in [5.41, 5.74) is 11.1. The van der Waals surface area contributed by atoms with Crippen LogP contribution >= 0.6 is 0 Å². The van der Waals surface area contributed by atoms with Crippen molar-refractivity contribution < 1.29 is 4.39 Å². The Morgan fingerprint density at radius 3 is 2.85 bits per heavy atom. The van der Waals surface area contributed by atoms with E-state index in [1.54, 1.807) is 18.5 Å². The average Bonchev–Trinajstić information content (AvgIpc) is 3.30. The maximum atomic E-state index is 13.6. The van der Waals surface area contributed by atoms with E-state index in [1.165, 1.54) is 12.1 Å². The molecule has 1 aliphatic heterocycles. The van der Waals surface area contributed by atoms with Crippen LogP contribution in [0.1, 0.15) is 30.0 Å². The molecule has 1 atom stereocenters. The van der Waals surface area contributed by atoms with Gasteiger partial charge in [0.1, 0.15) is 5.82 Å². The number of nitriles is 1. The van der Waals surface area contributed by atoms with Crippen molar-refractivity contribution in [3.8, 4) is 17.3 Å². The third-order valence-corrected chi connectivity index (χ3v) is 5.14. The van der Waals surface area contributed by atoms with Crippen LogP contribution in [-0.4, -0.2) is 9.88 Å². The van der Waals surface area contributed by atoms with Crippen LogP contribution in [0.5, 0.6) is 0 Å². The van der Waals surface area contributed by atoms with Crippen molar-refractivity contribution in [2.75, 3.05) is 0 Å². The molecule has 134 valence electrons. The van der Waals surface area contributed by atoms with Crippen molar-refractivity contribution in [1.29, 1.82) is 5.26 Å². The molecule has 0 saturated carbocycles. The summed E-state index contributed by atoms with van der Waals surface area (Å²) in [5.74, 6) is -0.273. The summed E-state index contributed by atoms with van der Waals surface area (Å²) in [5, 5.41) is 10.2. The summed E-state index contributed by atoms with van der Waals surface area (Å²) in [6.45, 7) is 3.92. The van der Waals surface area contributed by atoms with Gasteiger partial charge in [-0.05, 0) is 61.0 Å². The van der Waals surface area contributed by atoms with E-state index in [2.05, 4.69) is 22.5 Å². The number of halogens is 1. The number of nitrogens with one attached hydrogen (secondary N) is 1. The molecule has 1 fully saturated rings. The second kappa shape index (κ2) is 6.65. The van der Waals surface area contributed by atoms with Gasteiger partial charge in [0.2, 0.25) is 0 Å². The highest BCUT2D eigenvalue weighted by Gasteiger charge is 2.29. The van der Waals surface area contributed by atoms with E-state index in [0.29, 0.717) is 5.56 Å². The van der Waals surface area contributed by atoms with Crippen LogP contribution in [0.25, 0.3) is 22.2 Å². The van der Waals surface area contributed by atoms with Crippen LogP contribution in [0, 0.1) is 17.1 Å². The number of benzene rings is 2. The van der Waals surface area contributed by atoms with E-state index < -0.39 is 0 Å². The van der Waals surface area contributed by atoms with Crippen LogP contribution in [-0.2, 0) is 0 Å². The predicted octanol–water partition coefficient (Wildman–Crippen LogP) is 4.93. The highest BCUT2D eigenvalue weighted by Crippen LogP contribution is 2.42. The molecule has 0 bridgehead atoms. The van der Waals surface area contributed by atoms with Gasteiger partial charge in [0.15, 0.2) is 0 Å². The largest absolute Gasteiger partial charge is 0.403 e. The zero-order valence-electron chi connectivity index (χ0n) is 14.7. The zero-order valence-corrected chi connectivity index (χ0v) is 14.7. The topological polar surface area (TPSA) is 68.8 Å². The minimum Gasteiger partial charge on any atom is -0.403 e. The summed E-state index contributed by atoms with van der Waals surface area (Å²) in [7, 11) is 0. The van der Waals surface area contributed by atoms with E-state index in [1.807, 2.05) is 24.3 Å². The Bertz CT molecular complexity index is 1100. The SMILES string of the molecule is C=CN1/C(=C\N)CCC1c1ccc(C#N)cc1-c1cc2cc(F)ccc2[nH]1. The first-order chi connectivity index (χ1) is 13.1. The number of allylic oxidation sites excluding steroid dienone is 1. The number of rotatable bonds is 3. The van der Waals surface area contributed by atoms with Crippen LogP contribution in [0.15, 0.2) is 67.1 Å². The smallest absolute Gasteiger partial charge is 0.123 e. The van der Waals surface area contributed by atoms with Gasteiger partial charge >= 0.3 is 0 Å². The number of fused-ring (bicyclic) bond motifs is 1. The van der Waals surface area contributed by atoms with Crippen molar-refractivity contribution in [2.45, 2.75) is 18.9 Å². The Balaban J connectivity index is 1.88. The van der Waals surface area contributed by atoms with Crippen molar-refractivity contribution in [1.82, 2.24) is 9.88 Å². The van der Waals surface area contributed by atoms with Crippen molar-refractivity contribution in [3.63, 3.8) is 0 Å². The fraction of sp³-hybridized carbons (Fsp3) is 0.136. The number of hydrogen-bond acceptors (Lipinski definition) is 3. The molecule has 1 aromatic heterocycles. The Morgan fingerprint density at radius 1 is 1.26 bits per heavy atom. The van der Waals surface area contributed by atoms with Gasteiger partial charge in [-0.25, -0.2) is 4.39 Å². The lowest BCUT2D eigenvalue weighted by Gasteiger charge is -2.25. The van der Waals surface area contributed by atoms with Gasteiger partial charge in [-0.15, -0.1) is 0 Å². The Labute approximate surface area is 157 Å². The van der Waals surface area contributed by atoms with Gasteiger partial charge in [0.05, 0.1) is 17.7 Å². The first-order valence-electron chi connectivity index (χ1n) is 8.79. The number of nitrogens with zero attached hydrogens (tertiary/aromatic N) is 2. The molecule has 1 saturated heterocycles. The van der Waals surface area contributed by atoms with Crippen LogP contribution < -0.4 is 5.73 Å². The first-order valence-corrected chi connectivity index (χ1v) is 8.79. The number of H-pyrrole nitrogens is 1. The van der Waals surface area contributed by atoms with Crippen LogP contribution in [0.2, 0.25) is 0 Å². The average molecular weight is 358 g/mol. The van der Waals surface area contributed by atoms with Gasteiger partial charge in [-0.2, -0.15) is 5.26 Å². The number of nitrogens with two attached hydrogens (primary N) is 1. The second-order valence-corrected chi connectivity index (χ2v) is 6.63. The van der Waals surface area contributed by atoms with Crippen molar-refractivity contribution >= 4 is 10.9 Å². The van der Waals surface area contributed by atoms with Gasteiger partial charge in [0, 0.05) is 34.1 Å². The number of likely N-dealkylation sites (tertiary alicyclic amines) is 1. The van der Waals surface area contributed by atoms with Gasteiger partial charge in [-0.1, -0.05) is 12.6 Å². The van der Waals surface area contributed by atoms with Gasteiger partial charge in [0.25, 0.3) is 0 Å². The minimum atomic E-state index is -0.273. The number of aromatic nitrogens is 1. The quantitative estimate of drug-likeness (QED) is 0.698. The molecule has 4 rings (SSSR count). The lowest BCUT2D eigenvalue weighted by atomic mass is 9.94. The summed E-state index contributed by atoms with van der Waals surface area (Å²) in [4.78, 5) is 5.43. The summed E-state index contributed by atoms with van der Waals surface area (Å²) < 4.78 is 13.6. The fourth-order valence-corrected chi connectivity index (χ4v) is 3.87. The van der Waals surface area contributed by atoms with Crippen LogP contribution in [0.3, 0.4) is 0 Å². The molecule has 3 N–H and O–H groups in total. The first kappa shape index (κ1) is 16.9. The predicted molar refractivity (Wildman–Crippen MR) is 105 cm³/mol. The molecule has 1 unspecified atom stereocenters. The normalized spacial score (nSPS) is 18.1. The Kier molecular flexibility index (Phi) is 4.17. The van der Waals surface area contributed by atoms with Gasteiger partial charge in [-0.3, -0.25) is 0 Å². The highest BCUT2D eigenvalue weighted by molar-refractivity contribution is 5.86. The van der Waals surface area contributed by atoms with E-state index in [-0.39, 0.29) is 11.9 Å². The van der Waals surface area contributed by atoms with E-state index >= 15 is 0 Å². The van der Waals surface area contributed by atoms with E-state index in [9.17, 15) is 9.65 Å². The maximum absolute atomic E-state index is 13.6. The molecule has 2 aromatic carbocycles. The number of hydrogen-bond donors (Lipinski definition) is 2. The third kappa shape index (κ3) is 2.85. The highest BCUT2D eigenvalue weighted by atomic mass is 19.1. The molecule has 0 radical (unpaired) electrons. The maximum Gasteiger partial charge on any atom is 0.123 e. The molecule has 27 heavy (non-hydrogen) atoms. The summed E-state index contributed by atoms with van der Waals surface area (Å²) >= 11 is 0. The monoisotopic (exact) mass is 358 g/mol. The molecule has 4 nitrogen and oxygen atoms in total. The lowest BCUT2D eigenvalue weighted by Crippen LogP contribution is -2.16. The zero-order chi connectivity index (χ0) is 19.0. The third-order valence-electron chi connectivity index (χ3n) is 5.14. The molecular weight excluding hydrogens is 339 g/mol. The fourth-order valence-electron chi connectivity index (χ4n) is 3.87. The Morgan fingerprint density at radius 2 is 2.11 bits per heavy atom. The molecule has 0 amide bonds. The standard InChI is InChI=1S/C22H19FN4/c1-2-27-17(13-25)5-8-22(27)18-6-3-14(12-24)9-19(18)21-11-15-10-16(23)4-7-20(15)26-21/h2-4,6-7,9-11,13,22,26H,1,5,8,25H2/b17-13-. The molecule has 1 aliphatic rings. The lowest BCUT2D eigenvalue weighted by molar-refractivity contribution is 0.403. The Hall–Kier alpha value is -3.52. The molecule has 5 heteroatoms. The molecule has 0 spiro atoms. The minimum absolute atomic E-state index is 0.0863. The van der Waals surface area contributed by atoms with E-state index in [0.717, 1.165) is 46.3 Å². The van der Waals surface area contributed by atoms with Crippen LogP contribution in [0.4, 0.5) is 4.39 Å². The molecular formula is C22H19FN4. The molecule has 3 aromatic rings. The van der Waals surface area contributed by atoms with Crippen molar-refractivity contribution in [2.24, 2.45) is 5.73 Å². The number of aromatic amines is 1. The summed E-state index contributed by atoms with van der Waals surface area (Å²) in [6, 6.07) is 14.6. The summed E-state index contributed by atoms with van der Waals surface area (Å²) in [6.07, 6.45) is 5.18. The van der Waals surface area contributed by atoms with E-state index in [4.69, 9.17) is 5.73 Å². The van der Waals surface area contributed by atoms with Gasteiger partial charge < -0.3 is 15.6 Å². The van der Waals surface area contributed by atoms with Crippen molar-refractivity contribution in [3.05, 3.63) is 84.1 Å². The molecule has 0 aliphatic carbocycles. The second-order valence-electron chi connectivity index (χ2n) is 6.63. The molecule has 2 heterocycles.